The number of nitrogens with zero attached hydrogens (tertiary/aromatic N) is 1. The summed E-state index contributed by atoms with van der Waals surface area (Å²) < 4.78 is 15.5. The first-order valence-electron chi connectivity index (χ1n) is 6.66. The Morgan fingerprint density at radius 1 is 1.17 bits per heavy atom. The van der Waals surface area contributed by atoms with Gasteiger partial charge in [0.05, 0.1) is 36.4 Å². The van der Waals surface area contributed by atoms with E-state index >= 15 is 0 Å². The molecule has 0 aliphatic rings. The quantitative estimate of drug-likeness (QED) is 0.783. The largest absolute Gasteiger partial charge is 0.493 e. The van der Waals surface area contributed by atoms with Gasteiger partial charge in [-0.25, -0.2) is 4.79 Å². The molecular formula is C17H14ClNO4. The fraction of sp³-hybridized carbons (Fsp3) is 0.176. The molecule has 23 heavy (non-hydrogen) atoms. The van der Waals surface area contributed by atoms with Crippen LogP contribution in [0.1, 0.15) is 21.5 Å². The Morgan fingerprint density at radius 3 is 2.43 bits per heavy atom. The molecule has 0 amide bonds. The molecule has 0 saturated heterocycles. The first-order valence-corrected chi connectivity index (χ1v) is 7.04. The molecule has 2 aromatic carbocycles. The van der Waals surface area contributed by atoms with Gasteiger partial charge in [0, 0.05) is 0 Å². The van der Waals surface area contributed by atoms with Crippen LogP contribution in [0.15, 0.2) is 36.4 Å². The molecule has 0 fully saturated rings. The van der Waals surface area contributed by atoms with Crippen molar-refractivity contribution in [2.75, 3.05) is 14.2 Å². The van der Waals surface area contributed by atoms with Gasteiger partial charge in [0.15, 0.2) is 11.5 Å². The van der Waals surface area contributed by atoms with Crippen LogP contribution in [0, 0.1) is 11.3 Å². The molecule has 0 spiro atoms. The van der Waals surface area contributed by atoms with E-state index in [0.717, 1.165) is 5.56 Å². The number of methoxy groups -OCH3 is 2. The standard InChI is InChI=1S/C17H14ClNO4/c1-21-15-8-13(7-14(18)16(15)22-2)17(20)23-10-12-5-3-11(9-19)4-6-12/h3-8H,10H2,1-2H3. The molecule has 6 heteroatoms. The molecule has 5 nitrogen and oxygen atoms in total. The highest BCUT2D eigenvalue weighted by Crippen LogP contribution is 2.36. The lowest BCUT2D eigenvalue weighted by Crippen LogP contribution is -2.06. The highest BCUT2D eigenvalue weighted by atomic mass is 35.5. The van der Waals surface area contributed by atoms with Crippen LogP contribution in [-0.2, 0) is 11.3 Å². The maximum absolute atomic E-state index is 12.1. The lowest BCUT2D eigenvalue weighted by Gasteiger charge is -2.11. The summed E-state index contributed by atoms with van der Waals surface area (Å²) >= 11 is 6.06. The third-order valence-electron chi connectivity index (χ3n) is 3.12. The average molecular weight is 332 g/mol. The Bertz CT molecular complexity index is 750. The van der Waals surface area contributed by atoms with Crippen molar-refractivity contribution in [3.05, 3.63) is 58.1 Å². The van der Waals surface area contributed by atoms with Crippen LogP contribution in [0.5, 0.6) is 11.5 Å². The zero-order chi connectivity index (χ0) is 16.8. The summed E-state index contributed by atoms with van der Waals surface area (Å²) in [5.41, 5.74) is 1.59. The molecule has 0 radical (unpaired) electrons. The Balaban J connectivity index is 2.11. The van der Waals surface area contributed by atoms with Gasteiger partial charge in [-0.05, 0) is 29.8 Å². The zero-order valence-corrected chi connectivity index (χ0v) is 13.4. The third-order valence-corrected chi connectivity index (χ3v) is 3.40. The van der Waals surface area contributed by atoms with Crippen molar-refractivity contribution in [2.45, 2.75) is 6.61 Å². The van der Waals surface area contributed by atoms with Crippen LogP contribution in [0.3, 0.4) is 0 Å². The Kier molecular flexibility index (Phi) is 5.45. The van der Waals surface area contributed by atoms with E-state index in [9.17, 15) is 4.79 Å². The molecule has 0 N–H and O–H groups in total. The minimum Gasteiger partial charge on any atom is -0.493 e. The minimum atomic E-state index is -0.530. The summed E-state index contributed by atoms with van der Waals surface area (Å²) in [4.78, 5) is 12.1. The molecule has 0 heterocycles. The van der Waals surface area contributed by atoms with Crippen LogP contribution >= 0.6 is 11.6 Å². The topological polar surface area (TPSA) is 68.5 Å². The first kappa shape index (κ1) is 16.7. The fourth-order valence-corrected chi connectivity index (χ4v) is 2.23. The van der Waals surface area contributed by atoms with E-state index in [1.165, 1.54) is 26.4 Å². The Morgan fingerprint density at radius 2 is 1.87 bits per heavy atom. The van der Waals surface area contributed by atoms with Gasteiger partial charge in [-0.15, -0.1) is 0 Å². The van der Waals surface area contributed by atoms with Crippen molar-refractivity contribution in [2.24, 2.45) is 0 Å². The van der Waals surface area contributed by atoms with Gasteiger partial charge in [-0.3, -0.25) is 0 Å². The molecule has 0 bridgehead atoms. The second-order valence-corrected chi connectivity index (χ2v) is 4.99. The molecular weight excluding hydrogens is 318 g/mol. The second kappa shape index (κ2) is 7.52. The summed E-state index contributed by atoms with van der Waals surface area (Å²) in [6, 6.07) is 11.8. The second-order valence-electron chi connectivity index (χ2n) is 4.58. The van der Waals surface area contributed by atoms with Gasteiger partial charge < -0.3 is 14.2 Å². The number of carbonyl (C=O) groups excluding carboxylic acids is 1. The number of halogens is 1. The molecule has 0 aliphatic heterocycles. The minimum absolute atomic E-state index is 0.0938. The summed E-state index contributed by atoms with van der Waals surface area (Å²) in [6.07, 6.45) is 0. The number of ether oxygens (including phenoxy) is 3. The van der Waals surface area contributed by atoms with Crippen molar-refractivity contribution < 1.29 is 19.0 Å². The van der Waals surface area contributed by atoms with Gasteiger partial charge in [-0.2, -0.15) is 5.26 Å². The highest BCUT2D eigenvalue weighted by molar-refractivity contribution is 6.32. The van der Waals surface area contributed by atoms with Crippen molar-refractivity contribution in [1.82, 2.24) is 0 Å². The molecule has 0 aromatic heterocycles. The van der Waals surface area contributed by atoms with Crippen LogP contribution in [0.2, 0.25) is 5.02 Å². The highest BCUT2D eigenvalue weighted by Gasteiger charge is 2.16. The monoisotopic (exact) mass is 331 g/mol. The average Bonchev–Trinajstić information content (AvgIpc) is 2.59. The van der Waals surface area contributed by atoms with E-state index < -0.39 is 5.97 Å². The van der Waals surface area contributed by atoms with E-state index in [-0.39, 0.29) is 17.2 Å². The summed E-state index contributed by atoms with van der Waals surface area (Å²) in [6.45, 7) is 0.0938. The zero-order valence-electron chi connectivity index (χ0n) is 12.6. The van der Waals surface area contributed by atoms with Crippen LogP contribution in [0.25, 0.3) is 0 Å². The van der Waals surface area contributed by atoms with Gasteiger partial charge in [-0.1, -0.05) is 23.7 Å². The van der Waals surface area contributed by atoms with E-state index in [1.54, 1.807) is 24.3 Å². The van der Waals surface area contributed by atoms with E-state index in [2.05, 4.69) is 0 Å². The lowest BCUT2D eigenvalue weighted by molar-refractivity contribution is 0.0472. The number of hydrogen-bond donors (Lipinski definition) is 0. The van der Waals surface area contributed by atoms with Crippen molar-refractivity contribution >= 4 is 17.6 Å². The number of benzene rings is 2. The Labute approximate surface area is 139 Å². The van der Waals surface area contributed by atoms with E-state index in [0.29, 0.717) is 17.1 Å². The predicted octanol–water partition coefficient (Wildman–Crippen LogP) is 3.59. The number of hydrogen-bond acceptors (Lipinski definition) is 5. The summed E-state index contributed by atoms with van der Waals surface area (Å²) in [5.74, 6) is 0.181. The maximum Gasteiger partial charge on any atom is 0.338 e. The summed E-state index contributed by atoms with van der Waals surface area (Å²) in [5, 5.41) is 9.00. The van der Waals surface area contributed by atoms with Gasteiger partial charge in [0.1, 0.15) is 6.61 Å². The normalized spacial score (nSPS) is 9.83. The van der Waals surface area contributed by atoms with Crippen molar-refractivity contribution in [3.8, 4) is 17.6 Å². The fourth-order valence-electron chi connectivity index (χ4n) is 1.94. The predicted molar refractivity (Wildman–Crippen MR) is 84.8 cm³/mol. The molecule has 118 valence electrons. The van der Waals surface area contributed by atoms with E-state index in [1.807, 2.05) is 6.07 Å². The maximum atomic E-state index is 12.1. The Hall–Kier alpha value is -2.71. The van der Waals surface area contributed by atoms with Gasteiger partial charge >= 0.3 is 5.97 Å². The molecule has 2 aromatic rings. The van der Waals surface area contributed by atoms with Crippen LogP contribution in [0.4, 0.5) is 0 Å². The number of carbonyl (C=O) groups is 1. The molecule has 0 aliphatic carbocycles. The summed E-state index contributed by atoms with van der Waals surface area (Å²) in [7, 11) is 2.92. The van der Waals surface area contributed by atoms with Crippen molar-refractivity contribution in [3.63, 3.8) is 0 Å². The third kappa shape index (κ3) is 3.93. The first-order chi connectivity index (χ1) is 11.1. The van der Waals surface area contributed by atoms with Gasteiger partial charge in [0.25, 0.3) is 0 Å². The van der Waals surface area contributed by atoms with Crippen LogP contribution in [-0.4, -0.2) is 20.2 Å². The number of rotatable bonds is 5. The number of nitriles is 1. The smallest absolute Gasteiger partial charge is 0.338 e. The molecule has 0 saturated carbocycles. The SMILES string of the molecule is COc1cc(C(=O)OCc2ccc(C#N)cc2)cc(Cl)c1OC. The van der Waals surface area contributed by atoms with E-state index in [4.69, 9.17) is 31.1 Å². The number of esters is 1. The van der Waals surface area contributed by atoms with Crippen LogP contribution < -0.4 is 9.47 Å². The van der Waals surface area contributed by atoms with Crippen molar-refractivity contribution in [1.29, 1.82) is 5.26 Å². The molecule has 2 rings (SSSR count). The lowest BCUT2D eigenvalue weighted by atomic mass is 10.1. The van der Waals surface area contributed by atoms with Gasteiger partial charge in [0.2, 0.25) is 0 Å². The molecule has 0 unspecified atom stereocenters. The molecule has 0 atom stereocenters.